The molecule has 2 unspecified atom stereocenters. The summed E-state index contributed by atoms with van der Waals surface area (Å²) in [5, 5.41) is 20.8. The molecule has 0 saturated carbocycles. The Bertz CT molecular complexity index is 2090. The molecule has 0 radical (unpaired) electrons. The van der Waals surface area contributed by atoms with Gasteiger partial charge in [-0.1, -0.05) is 115 Å². The molecule has 6 aromatic carbocycles. The zero-order chi connectivity index (χ0) is 37.2. The van der Waals surface area contributed by atoms with Crippen LogP contribution in [0.2, 0.25) is 0 Å². The van der Waals surface area contributed by atoms with Crippen LogP contribution in [0, 0.1) is 11.8 Å². The topological polar surface area (TPSA) is 45.2 Å². The summed E-state index contributed by atoms with van der Waals surface area (Å²) in [5.74, 6) is 3.04. The number of aliphatic hydroxyl groups excluding tert-OH is 1. The van der Waals surface area contributed by atoms with Crippen molar-refractivity contribution >= 4 is 43.1 Å². The number of benzene rings is 6. The van der Waals surface area contributed by atoms with Crippen molar-refractivity contribution in [1.29, 1.82) is 0 Å². The molecule has 0 aromatic heterocycles. The SMILES string of the molecule is CCCCC(CC)COc1cc(CN2Cc3ccc4c5ccc6c7c(ccc(c8ccc(c3c48)C2)c75)CN(CCO)C6)cc(OCC(CC)CCCC)c1. The van der Waals surface area contributed by atoms with Gasteiger partial charge in [-0.05, 0) is 108 Å². The van der Waals surface area contributed by atoms with E-state index in [1.165, 1.54) is 109 Å². The Balaban J connectivity index is 1.09. The summed E-state index contributed by atoms with van der Waals surface area (Å²) in [5.41, 5.74) is 6.84. The van der Waals surface area contributed by atoms with Gasteiger partial charge in [0.25, 0.3) is 0 Å². The summed E-state index contributed by atoms with van der Waals surface area (Å²) in [4.78, 5) is 4.95. The van der Waals surface area contributed by atoms with E-state index in [1.807, 2.05) is 0 Å². The van der Waals surface area contributed by atoms with Crippen LogP contribution >= 0.6 is 0 Å². The van der Waals surface area contributed by atoms with Crippen molar-refractivity contribution in [3.8, 4) is 11.5 Å². The molecule has 0 fully saturated rings. The van der Waals surface area contributed by atoms with Crippen molar-refractivity contribution < 1.29 is 14.6 Å². The number of rotatable bonds is 18. The molecule has 54 heavy (non-hydrogen) atoms. The summed E-state index contributed by atoms with van der Waals surface area (Å²) in [6.07, 6.45) is 9.71. The first-order chi connectivity index (χ1) is 26.5. The summed E-state index contributed by atoms with van der Waals surface area (Å²) in [6.45, 7) is 16.0. The van der Waals surface area contributed by atoms with Crippen LogP contribution in [-0.4, -0.2) is 41.3 Å². The summed E-state index contributed by atoms with van der Waals surface area (Å²) in [6, 6.07) is 25.7. The van der Waals surface area contributed by atoms with Gasteiger partial charge >= 0.3 is 0 Å². The monoisotopic (exact) mass is 724 g/mol. The molecule has 0 amide bonds. The molecule has 2 heterocycles. The number of hydrogen-bond donors (Lipinski definition) is 1. The van der Waals surface area contributed by atoms with E-state index in [4.69, 9.17) is 9.47 Å². The Morgan fingerprint density at radius 2 is 0.981 bits per heavy atom. The minimum atomic E-state index is 0.194. The first-order valence-corrected chi connectivity index (χ1v) is 21.1. The quantitative estimate of drug-likeness (QED) is 0.0706. The van der Waals surface area contributed by atoms with E-state index in [2.05, 4.69) is 104 Å². The highest BCUT2D eigenvalue weighted by Gasteiger charge is 2.26. The lowest BCUT2D eigenvalue weighted by Crippen LogP contribution is -2.29. The van der Waals surface area contributed by atoms with E-state index in [-0.39, 0.29) is 6.61 Å². The van der Waals surface area contributed by atoms with Gasteiger partial charge < -0.3 is 14.6 Å². The predicted molar refractivity (Wildman–Crippen MR) is 226 cm³/mol. The number of aliphatic hydroxyl groups is 1. The summed E-state index contributed by atoms with van der Waals surface area (Å²) >= 11 is 0. The molecule has 2 atom stereocenters. The second-order valence-corrected chi connectivity index (χ2v) is 16.4. The molecule has 0 spiro atoms. The van der Waals surface area contributed by atoms with Gasteiger partial charge in [0, 0.05) is 45.3 Å². The van der Waals surface area contributed by atoms with Crippen LogP contribution in [0.5, 0.6) is 11.5 Å². The second-order valence-electron chi connectivity index (χ2n) is 16.4. The highest BCUT2D eigenvalue weighted by Crippen LogP contribution is 2.46. The summed E-state index contributed by atoms with van der Waals surface area (Å²) < 4.78 is 13.1. The fourth-order valence-electron chi connectivity index (χ4n) is 9.57. The van der Waals surface area contributed by atoms with Crippen molar-refractivity contribution in [2.24, 2.45) is 11.8 Å². The number of nitrogens with zero attached hydrogens (tertiary/aromatic N) is 2. The minimum Gasteiger partial charge on any atom is -0.493 e. The Morgan fingerprint density at radius 3 is 1.37 bits per heavy atom. The fraction of sp³-hybridized carbons (Fsp3) is 0.469. The molecule has 8 rings (SSSR count). The molecule has 5 heteroatoms. The maximum atomic E-state index is 9.65. The van der Waals surface area contributed by atoms with Gasteiger partial charge in [0.05, 0.1) is 19.8 Å². The Morgan fingerprint density at radius 1 is 0.556 bits per heavy atom. The largest absolute Gasteiger partial charge is 0.493 e. The van der Waals surface area contributed by atoms with Crippen molar-refractivity contribution in [2.45, 2.75) is 112 Å². The van der Waals surface area contributed by atoms with Crippen LogP contribution in [0.15, 0.2) is 66.7 Å². The first kappa shape index (κ1) is 37.0. The lowest BCUT2D eigenvalue weighted by molar-refractivity contribution is 0.182. The third-order valence-corrected chi connectivity index (χ3v) is 12.6. The van der Waals surface area contributed by atoms with Crippen LogP contribution in [0.1, 0.15) is 107 Å². The molecule has 5 nitrogen and oxygen atoms in total. The van der Waals surface area contributed by atoms with Crippen LogP contribution in [0.4, 0.5) is 0 Å². The maximum absolute atomic E-state index is 9.65. The van der Waals surface area contributed by atoms with E-state index < -0.39 is 0 Å². The van der Waals surface area contributed by atoms with Gasteiger partial charge in [-0.25, -0.2) is 0 Å². The molecule has 0 saturated heterocycles. The molecule has 0 bridgehead atoms. The van der Waals surface area contributed by atoms with Gasteiger partial charge in [-0.3, -0.25) is 9.80 Å². The zero-order valence-corrected chi connectivity index (χ0v) is 33.2. The highest BCUT2D eigenvalue weighted by atomic mass is 16.5. The highest BCUT2D eigenvalue weighted by molar-refractivity contribution is 6.34. The number of hydrogen-bond acceptors (Lipinski definition) is 5. The van der Waals surface area contributed by atoms with Crippen LogP contribution in [0.25, 0.3) is 43.1 Å². The van der Waals surface area contributed by atoms with Gasteiger partial charge in [0.15, 0.2) is 0 Å². The molecule has 6 aromatic rings. The maximum Gasteiger partial charge on any atom is 0.123 e. The fourth-order valence-corrected chi connectivity index (χ4v) is 9.57. The third-order valence-electron chi connectivity index (χ3n) is 12.6. The molecule has 284 valence electrons. The van der Waals surface area contributed by atoms with Gasteiger partial charge in [-0.2, -0.15) is 0 Å². The molecule has 2 aliphatic rings. The number of β-amino-alcohol motifs (C(OH)–C–C–N with tert-alkyl or cyclic N) is 1. The summed E-state index contributed by atoms with van der Waals surface area (Å²) in [7, 11) is 0. The van der Waals surface area contributed by atoms with Crippen molar-refractivity contribution in [1.82, 2.24) is 9.80 Å². The second kappa shape index (κ2) is 16.5. The van der Waals surface area contributed by atoms with Crippen molar-refractivity contribution in [3.63, 3.8) is 0 Å². The van der Waals surface area contributed by atoms with E-state index in [0.29, 0.717) is 18.4 Å². The third kappa shape index (κ3) is 7.28. The normalized spacial score (nSPS) is 15.9. The Hall–Kier alpha value is -3.90. The minimum absolute atomic E-state index is 0.194. The number of ether oxygens (including phenoxy) is 2. The van der Waals surface area contributed by atoms with Gasteiger partial charge in [-0.15, -0.1) is 0 Å². The van der Waals surface area contributed by atoms with Crippen LogP contribution in [-0.2, 0) is 32.7 Å². The number of fused-ring (bicyclic) bond motifs is 2. The predicted octanol–water partition coefficient (Wildman–Crippen LogP) is 11.8. The van der Waals surface area contributed by atoms with Gasteiger partial charge in [0.2, 0.25) is 0 Å². The molecular formula is C49H60N2O3. The van der Waals surface area contributed by atoms with E-state index in [1.54, 1.807) is 0 Å². The van der Waals surface area contributed by atoms with E-state index in [9.17, 15) is 5.11 Å². The van der Waals surface area contributed by atoms with Crippen LogP contribution in [0.3, 0.4) is 0 Å². The standard InChI is InChI=1S/C49H60N2O3/c1-5-9-11-33(7-3)31-53-40-23-35(24-41(25-40)54-32-34(8-4)12-10-6-2)26-51-29-38-15-19-44-42-17-13-36-27-50(21-22-52)28-37-14-18-43(48(42)46(36)37)45-20-16-39(30-51)47(38)49(44)45/h13-20,23-25,33-34,52H,5-12,21-22,26-32H2,1-4H3. The average Bonchev–Trinajstić information content (AvgIpc) is 3.19. The van der Waals surface area contributed by atoms with Crippen molar-refractivity contribution in [3.05, 3.63) is 94.5 Å². The lowest BCUT2D eigenvalue weighted by Gasteiger charge is -2.32. The Labute approximate surface area is 322 Å². The molecule has 0 aliphatic carbocycles. The Kier molecular flexibility index (Phi) is 11.3. The van der Waals surface area contributed by atoms with E-state index in [0.717, 1.165) is 70.3 Å². The number of unbranched alkanes of at least 4 members (excludes halogenated alkanes) is 2. The van der Waals surface area contributed by atoms with Gasteiger partial charge in [0.1, 0.15) is 11.5 Å². The molecule has 2 aliphatic heterocycles. The smallest absolute Gasteiger partial charge is 0.123 e. The van der Waals surface area contributed by atoms with Crippen molar-refractivity contribution in [2.75, 3.05) is 26.4 Å². The lowest BCUT2D eigenvalue weighted by atomic mass is 9.83. The molecular weight excluding hydrogens is 665 g/mol. The average molecular weight is 725 g/mol. The first-order valence-electron chi connectivity index (χ1n) is 21.1. The molecule has 1 N–H and O–H groups in total. The van der Waals surface area contributed by atoms with Crippen LogP contribution < -0.4 is 9.47 Å². The zero-order valence-electron chi connectivity index (χ0n) is 33.2. The van der Waals surface area contributed by atoms with E-state index >= 15 is 0 Å².